The number of nitrogens with one attached hydrogen (secondary N) is 1. The second kappa shape index (κ2) is 8.97. The molecule has 3 N–H and O–H groups in total. The molecule has 0 bridgehead atoms. The Kier molecular flexibility index (Phi) is 8.57. The van der Waals surface area contributed by atoms with Gasteiger partial charge in [0, 0.05) is 13.5 Å². The van der Waals surface area contributed by atoms with E-state index in [0.717, 1.165) is 39.0 Å². The minimum atomic E-state index is 0.125. The molecule has 0 aliphatic carbocycles. The van der Waals surface area contributed by atoms with E-state index in [9.17, 15) is 4.79 Å². The fourth-order valence-corrected chi connectivity index (χ4v) is 1.33. The van der Waals surface area contributed by atoms with Crippen LogP contribution in [0.4, 0.5) is 0 Å². The van der Waals surface area contributed by atoms with Gasteiger partial charge in [-0.3, -0.25) is 4.79 Å². The van der Waals surface area contributed by atoms with Crippen molar-refractivity contribution in [3.8, 4) is 0 Å². The molecule has 0 atom stereocenters. The van der Waals surface area contributed by atoms with E-state index in [-0.39, 0.29) is 5.91 Å². The van der Waals surface area contributed by atoms with Gasteiger partial charge in [-0.2, -0.15) is 0 Å². The minimum Gasteiger partial charge on any atom is -0.359 e. The fraction of sp³-hybridized carbons (Fsp3) is 0.900. The minimum absolute atomic E-state index is 0.125. The van der Waals surface area contributed by atoms with Crippen molar-refractivity contribution in [2.75, 3.05) is 33.2 Å². The molecule has 0 aliphatic rings. The Morgan fingerprint density at radius 1 is 1.36 bits per heavy atom. The highest BCUT2D eigenvalue weighted by molar-refractivity contribution is 5.75. The first-order chi connectivity index (χ1) is 6.74. The first-order valence-electron chi connectivity index (χ1n) is 5.37. The predicted octanol–water partition coefficient (Wildman–Crippen LogP) is 0.183. The maximum Gasteiger partial charge on any atom is 0.219 e. The number of carbonyl (C=O) groups excluding carboxylic acids is 1. The van der Waals surface area contributed by atoms with Crippen molar-refractivity contribution in [3.63, 3.8) is 0 Å². The van der Waals surface area contributed by atoms with Gasteiger partial charge in [-0.25, -0.2) is 0 Å². The molecule has 0 aromatic carbocycles. The molecular weight excluding hydrogens is 178 g/mol. The van der Waals surface area contributed by atoms with E-state index in [1.165, 1.54) is 0 Å². The standard InChI is InChI=1S/C10H23N3O/c1-3-13(9-5-7-11)8-4-6-10(14)12-2/h3-9,11H2,1-2H3,(H,12,14). The summed E-state index contributed by atoms with van der Waals surface area (Å²) in [5.74, 6) is 0.125. The second-order valence-electron chi connectivity index (χ2n) is 3.35. The number of hydrogen-bond donors (Lipinski definition) is 2. The van der Waals surface area contributed by atoms with Crippen molar-refractivity contribution in [1.82, 2.24) is 10.2 Å². The third-order valence-electron chi connectivity index (χ3n) is 2.28. The number of nitrogens with zero attached hydrogens (tertiary/aromatic N) is 1. The van der Waals surface area contributed by atoms with Gasteiger partial charge in [-0.15, -0.1) is 0 Å². The molecule has 0 aromatic heterocycles. The van der Waals surface area contributed by atoms with E-state index in [0.29, 0.717) is 6.42 Å². The van der Waals surface area contributed by atoms with Crippen LogP contribution < -0.4 is 11.1 Å². The molecule has 0 fully saturated rings. The van der Waals surface area contributed by atoms with Crippen LogP contribution in [0.2, 0.25) is 0 Å². The average molecular weight is 201 g/mol. The largest absolute Gasteiger partial charge is 0.359 e. The zero-order valence-electron chi connectivity index (χ0n) is 9.38. The van der Waals surface area contributed by atoms with Gasteiger partial charge < -0.3 is 16.0 Å². The van der Waals surface area contributed by atoms with E-state index in [2.05, 4.69) is 17.1 Å². The fourth-order valence-electron chi connectivity index (χ4n) is 1.33. The summed E-state index contributed by atoms with van der Waals surface area (Å²) in [7, 11) is 1.67. The monoisotopic (exact) mass is 201 g/mol. The number of amides is 1. The lowest BCUT2D eigenvalue weighted by molar-refractivity contribution is -0.120. The van der Waals surface area contributed by atoms with Crippen molar-refractivity contribution in [3.05, 3.63) is 0 Å². The smallest absolute Gasteiger partial charge is 0.219 e. The van der Waals surface area contributed by atoms with E-state index >= 15 is 0 Å². The Morgan fingerprint density at radius 3 is 2.50 bits per heavy atom. The quantitative estimate of drug-likeness (QED) is 0.589. The Labute approximate surface area is 86.8 Å². The van der Waals surface area contributed by atoms with Crippen molar-refractivity contribution in [1.29, 1.82) is 0 Å². The van der Waals surface area contributed by atoms with Crippen molar-refractivity contribution < 1.29 is 4.79 Å². The van der Waals surface area contributed by atoms with Crippen LogP contribution in [-0.2, 0) is 4.79 Å². The molecule has 0 aliphatic heterocycles. The van der Waals surface area contributed by atoms with Gasteiger partial charge in [0.1, 0.15) is 0 Å². The van der Waals surface area contributed by atoms with Crippen LogP contribution in [0.25, 0.3) is 0 Å². The maximum atomic E-state index is 10.9. The molecule has 4 heteroatoms. The summed E-state index contributed by atoms with van der Waals surface area (Å²) in [5, 5.41) is 2.62. The van der Waals surface area contributed by atoms with Crippen molar-refractivity contribution in [2.45, 2.75) is 26.2 Å². The third-order valence-corrected chi connectivity index (χ3v) is 2.28. The Hall–Kier alpha value is -0.610. The molecule has 0 unspecified atom stereocenters. The van der Waals surface area contributed by atoms with Gasteiger partial charge in [0.2, 0.25) is 5.91 Å². The van der Waals surface area contributed by atoms with Gasteiger partial charge in [-0.05, 0) is 39.0 Å². The highest BCUT2D eigenvalue weighted by Gasteiger charge is 2.03. The Balaban J connectivity index is 3.46. The van der Waals surface area contributed by atoms with Gasteiger partial charge in [0.25, 0.3) is 0 Å². The number of hydrogen-bond acceptors (Lipinski definition) is 3. The molecule has 0 saturated carbocycles. The SMILES string of the molecule is CCN(CCCN)CCCC(=O)NC. The summed E-state index contributed by atoms with van der Waals surface area (Å²) in [5.41, 5.74) is 5.44. The molecule has 0 heterocycles. The van der Waals surface area contributed by atoms with E-state index in [4.69, 9.17) is 5.73 Å². The second-order valence-corrected chi connectivity index (χ2v) is 3.35. The van der Waals surface area contributed by atoms with Gasteiger partial charge >= 0.3 is 0 Å². The molecule has 0 spiro atoms. The average Bonchev–Trinajstić information content (AvgIpc) is 2.22. The number of nitrogens with two attached hydrogens (primary N) is 1. The molecule has 0 saturated heterocycles. The molecule has 0 radical (unpaired) electrons. The Bertz CT molecular complexity index is 150. The molecule has 4 nitrogen and oxygen atoms in total. The molecule has 84 valence electrons. The van der Waals surface area contributed by atoms with Crippen LogP contribution in [0.1, 0.15) is 26.2 Å². The summed E-state index contributed by atoms with van der Waals surface area (Å²) in [6.07, 6.45) is 2.58. The van der Waals surface area contributed by atoms with E-state index in [1.807, 2.05) is 0 Å². The predicted molar refractivity (Wildman–Crippen MR) is 59.1 cm³/mol. The lowest BCUT2D eigenvalue weighted by Gasteiger charge is -2.19. The van der Waals surface area contributed by atoms with Crippen LogP contribution in [0, 0.1) is 0 Å². The Morgan fingerprint density at radius 2 is 2.00 bits per heavy atom. The molecule has 14 heavy (non-hydrogen) atoms. The van der Waals surface area contributed by atoms with Crippen molar-refractivity contribution >= 4 is 5.91 Å². The van der Waals surface area contributed by atoms with Gasteiger partial charge in [-0.1, -0.05) is 6.92 Å². The lowest BCUT2D eigenvalue weighted by Crippen LogP contribution is -2.28. The van der Waals surface area contributed by atoms with Gasteiger partial charge in [0.15, 0.2) is 0 Å². The molecule has 0 rings (SSSR count). The summed E-state index contributed by atoms with van der Waals surface area (Å²) in [4.78, 5) is 13.3. The topological polar surface area (TPSA) is 58.4 Å². The van der Waals surface area contributed by atoms with Crippen LogP contribution in [-0.4, -0.2) is 44.0 Å². The van der Waals surface area contributed by atoms with Gasteiger partial charge in [0.05, 0.1) is 0 Å². The van der Waals surface area contributed by atoms with E-state index < -0.39 is 0 Å². The zero-order chi connectivity index (χ0) is 10.8. The highest BCUT2D eigenvalue weighted by atomic mass is 16.1. The molecular formula is C10H23N3O. The lowest BCUT2D eigenvalue weighted by atomic mass is 10.2. The summed E-state index contributed by atoms with van der Waals surface area (Å²) in [6.45, 7) is 5.95. The third kappa shape index (κ3) is 6.86. The number of carbonyl (C=O) groups is 1. The highest BCUT2D eigenvalue weighted by Crippen LogP contribution is 1.96. The van der Waals surface area contributed by atoms with Crippen LogP contribution in [0.15, 0.2) is 0 Å². The van der Waals surface area contributed by atoms with Crippen LogP contribution in [0.3, 0.4) is 0 Å². The van der Waals surface area contributed by atoms with Crippen molar-refractivity contribution in [2.24, 2.45) is 5.73 Å². The summed E-state index contributed by atoms with van der Waals surface area (Å²) in [6, 6.07) is 0. The number of rotatable bonds is 8. The summed E-state index contributed by atoms with van der Waals surface area (Å²) >= 11 is 0. The van der Waals surface area contributed by atoms with Crippen LogP contribution >= 0.6 is 0 Å². The molecule has 0 aromatic rings. The van der Waals surface area contributed by atoms with E-state index in [1.54, 1.807) is 7.05 Å². The molecule has 1 amide bonds. The van der Waals surface area contributed by atoms with Crippen LogP contribution in [0.5, 0.6) is 0 Å². The maximum absolute atomic E-state index is 10.9. The normalized spacial score (nSPS) is 10.6. The summed E-state index contributed by atoms with van der Waals surface area (Å²) < 4.78 is 0. The first kappa shape index (κ1) is 13.4. The zero-order valence-corrected chi connectivity index (χ0v) is 9.38. The first-order valence-corrected chi connectivity index (χ1v) is 5.37.